The number of sulfonamides is 1. The largest absolute Gasteiger partial charge is 0.462 e. The van der Waals surface area contributed by atoms with Crippen molar-refractivity contribution in [2.45, 2.75) is 31.7 Å². The van der Waals surface area contributed by atoms with Crippen LogP contribution in [0.25, 0.3) is 0 Å². The summed E-state index contributed by atoms with van der Waals surface area (Å²) in [6.45, 7) is 5.14. The minimum Gasteiger partial charge on any atom is -0.462 e. The van der Waals surface area contributed by atoms with E-state index in [-0.39, 0.29) is 23.7 Å². The van der Waals surface area contributed by atoms with Gasteiger partial charge in [0.1, 0.15) is 5.56 Å². The topological polar surface area (TPSA) is 110 Å². The lowest BCUT2D eigenvalue weighted by Gasteiger charge is -2.07. The lowest BCUT2D eigenvalue weighted by atomic mass is 10.4. The minimum atomic E-state index is -3.83. The SMILES string of the molecule is CCCOCCCNS(=O)(=O)c1[nH]ncc1C(=O)OCC. The molecule has 8 nitrogen and oxygen atoms in total. The predicted molar refractivity (Wildman–Crippen MR) is 75.5 cm³/mol. The zero-order chi connectivity index (χ0) is 15.7. The van der Waals surface area contributed by atoms with Gasteiger partial charge < -0.3 is 9.47 Å². The Morgan fingerprint density at radius 3 is 2.81 bits per heavy atom. The van der Waals surface area contributed by atoms with Gasteiger partial charge in [-0.3, -0.25) is 5.10 Å². The van der Waals surface area contributed by atoms with Crippen molar-refractivity contribution < 1.29 is 22.7 Å². The van der Waals surface area contributed by atoms with Crippen LogP contribution in [0.2, 0.25) is 0 Å². The van der Waals surface area contributed by atoms with Crippen molar-refractivity contribution in [2.75, 3.05) is 26.4 Å². The first-order chi connectivity index (χ1) is 10.0. The maximum Gasteiger partial charge on any atom is 0.342 e. The second kappa shape index (κ2) is 8.75. The van der Waals surface area contributed by atoms with Gasteiger partial charge in [-0.1, -0.05) is 6.92 Å². The van der Waals surface area contributed by atoms with E-state index in [0.717, 1.165) is 12.6 Å². The summed E-state index contributed by atoms with van der Waals surface area (Å²) in [6, 6.07) is 0. The van der Waals surface area contributed by atoms with Crippen LogP contribution in [-0.4, -0.2) is 50.9 Å². The van der Waals surface area contributed by atoms with Crippen molar-refractivity contribution in [3.63, 3.8) is 0 Å². The zero-order valence-electron chi connectivity index (χ0n) is 12.2. The molecule has 1 rings (SSSR count). The second-order valence-corrected chi connectivity index (χ2v) is 5.90. The molecule has 120 valence electrons. The monoisotopic (exact) mass is 319 g/mol. The average Bonchev–Trinajstić information content (AvgIpc) is 2.93. The summed E-state index contributed by atoms with van der Waals surface area (Å²) in [5.41, 5.74) is -0.105. The van der Waals surface area contributed by atoms with E-state index in [0.29, 0.717) is 19.6 Å². The van der Waals surface area contributed by atoms with Crippen LogP contribution in [0.3, 0.4) is 0 Å². The lowest BCUT2D eigenvalue weighted by molar-refractivity contribution is 0.0522. The molecule has 0 amide bonds. The molecule has 1 heterocycles. The normalized spacial score (nSPS) is 11.5. The number of aromatic nitrogens is 2. The Hall–Kier alpha value is -1.45. The molecule has 0 spiro atoms. The Kier molecular flexibility index (Phi) is 7.34. The van der Waals surface area contributed by atoms with E-state index in [1.807, 2.05) is 6.92 Å². The van der Waals surface area contributed by atoms with Gasteiger partial charge >= 0.3 is 5.97 Å². The van der Waals surface area contributed by atoms with Crippen molar-refractivity contribution in [3.8, 4) is 0 Å². The summed E-state index contributed by atoms with van der Waals surface area (Å²) >= 11 is 0. The molecule has 0 saturated carbocycles. The summed E-state index contributed by atoms with van der Waals surface area (Å²) in [7, 11) is -3.83. The van der Waals surface area contributed by atoms with Crippen molar-refractivity contribution in [2.24, 2.45) is 0 Å². The Balaban J connectivity index is 2.59. The van der Waals surface area contributed by atoms with E-state index in [4.69, 9.17) is 9.47 Å². The number of hydrogen-bond donors (Lipinski definition) is 2. The number of carbonyl (C=O) groups is 1. The first kappa shape index (κ1) is 17.6. The molecule has 9 heteroatoms. The van der Waals surface area contributed by atoms with Crippen LogP contribution in [-0.2, 0) is 19.5 Å². The van der Waals surface area contributed by atoms with E-state index in [2.05, 4.69) is 14.9 Å². The zero-order valence-corrected chi connectivity index (χ0v) is 13.0. The smallest absolute Gasteiger partial charge is 0.342 e. The quantitative estimate of drug-likeness (QED) is 0.485. The Morgan fingerprint density at radius 2 is 2.14 bits per heavy atom. The number of carbonyl (C=O) groups excluding carboxylic acids is 1. The van der Waals surface area contributed by atoms with Crippen molar-refractivity contribution in [1.82, 2.24) is 14.9 Å². The van der Waals surface area contributed by atoms with E-state index in [1.54, 1.807) is 6.92 Å². The van der Waals surface area contributed by atoms with Crippen LogP contribution in [0.15, 0.2) is 11.2 Å². The number of nitrogens with zero attached hydrogens (tertiary/aromatic N) is 1. The number of ether oxygens (including phenoxy) is 2. The fraction of sp³-hybridized carbons (Fsp3) is 0.667. The molecule has 0 bridgehead atoms. The third-order valence-electron chi connectivity index (χ3n) is 2.47. The van der Waals surface area contributed by atoms with Gasteiger partial charge in [-0.15, -0.1) is 0 Å². The molecule has 0 aliphatic carbocycles. The van der Waals surface area contributed by atoms with Gasteiger partial charge in [-0.25, -0.2) is 17.9 Å². The van der Waals surface area contributed by atoms with Crippen LogP contribution >= 0.6 is 0 Å². The third kappa shape index (κ3) is 5.44. The maximum absolute atomic E-state index is 12.1. The highest BCUT2D eigenvalue weighted by Crippen LogP contribution is 2.12. The van der Waals surface area contributed by atoms with Gasteiger partial charge in [0.15, 0.2) is 5.03 Å². The second-order valence-electron chi connectivity index (χ2n) is 4.20. The van der Waals surface area contributed by atoms with Crippen LogP contribution in [0.5, 0.6) is 0 Å². The molecule has 2 N–H and O–H groups in total. The van der Waals surface area contributed by atoms with E-state index in [9.17, 15) is 13.2 Å². The maximum atomic E-state index is 12.1. The predicted octanol–water partition coefficient (Wildman–Crippen LogP) is 0.681. The number of hydrogen-bond acceptors (Lipinski definition) is 6. The molecule has 0 radical (unpaired) electrons. The Labute approximate surface area is 124 Å². The van der Waals surface area contributed by atoms with Gasteiger partial charge in [0.25, 0.3) is 10.0 Å². The number of aromatic amines is 1. The average molecular weight is 319 g/mol. The standard InChI is InChI=1S/C12H21N3O5S/c1-3-7-19-8-5-6-14-21(17,18)11-10(9-13-15-11)12(16)20-4-2/h9,14H,3-8H2,1-2H3,(H,13,15). The fourth-order valence-electron chi connectivity index (χ4n) is 1.53. The third-order valence-corrected chi connectivity index (χ3v) is 3.91. The lowest BCUT2D eigenvalue weighted by Crippen LogP contribution is -2.27. The van der Waals surface area contributed by atoms with Crippen molar-refractivity contribution >= 4 is 16.0 Å². The molecule has 1 aromatic rings. The number of rotatable bonds is 10. The summed E-state index contributed by atoms with van der Waals surface area (Å²) < 4.78 is 36.6. The molecular weight excluding hydrogens is 298 g/mol. The number of esters is 1. The molecule has 0 saturated heterocycles. The van der Waals surface area contributed by atoms with Gasteiger partial charge in [-0.05, 0) is 19.8 Å². The highest BCUT2D eigenvalue weighted by molar-refractivity contribution is 7.89. The highest BCUT2D eigenvalue weighted by atomic mass is 32.2. The highest BCUT2D eigenvalue weighted by Gasteiger charge is 2.25. The van der Waals surface area contributed by atoms with Gasteiger partial charge in [0.2, 0.25) is 0 Å². The van der Waals surface area contributed by atoms with Crippen LogP contribution in [0.4, 0.5) is 0 Å². The summed E-state index contributed by atoms with van der Waals surface area (Å²) in [5.74, 6) is -0.724. The molecule has 0 aromatic carbocycles. The van der Waals surface area contributed by atoms with E-state index in [1.165, 1.54) is 0 Å². The molecular formula is C12H21N3O5S. The first-order valence-electron chi connectivity index (χ1n) is 6.80. The van der Waals surface area contributed by atoms with E-state index >= 15 is 0 Å². The van der Waals surface area contributed by atoms with E-state index < -0.39 is 16.0 Å². The molecule has 0 aliphatic rings. The molecule has 0 fully saturated rings. The van der Waals surface area contributed by atoms with Gasteiger partial charge in [0, 0.05) is 19.8 Å². The molecule has 0 aliphatic heterocycles. The Bertz CT molecular complexity index is 541. The minimum absolute atomic E-state index is 0.105. The molecule has 21 heavy (non-hydrogen) atoms. The summed E-state index contributed by atoms with van der Waals surface area (Å²) in [5, 5.41) is 5.62. The van der Waals surface area contributed by atoms with Crippen LogP contribution in [0, 0.1) is 0 Å². The van der Waals surface area contributed by atoms with Crippen molar-refractivity contribution in [1.29, 1.82) is 0 Å². The number of H-pyrrole nitrogens is 1. The van der Waals surface area contributed by atoms with Crippen LogP contribution < -0.4 is 4.72 Å². The molecule has 0 unspecified atom stereocenters. The van der Waals surface area contributed by atoms with Gasteiger partial charge in [-0.2, -0.15) is 5.10 Å². The number of nitrogens with one attached hydrogen (secondary N) is 2. The molecule has 0 atom stereocenters. The Morgan fingerprint density at radius 1 is 1.38 bits per heavy atom. The molecule has 1 aromatic heterocycles. The fourth-order valence-corrected chi connectivity index (χ4v) is 2.69. The summed E-state index contributed by atoms with van der Waals surface area (Å²) in [4.78, 5) is 11.6. The summed E-state index contributed by atoms with van der Waals surface area (Å²) in [6.07, 6.45) is 2.60. The van der Waals surface area contributed by atoms with Crippen molar-refractivity contribution in [3.05, 3.63) is 11.8 Å². The first-order valence-corrected chi connectivity index (χ1v) is 8.29. The van der Waals surface area contributed by atoms with Crippen LogP contribution in [0.1, 0.15) is 37.0 Å². The van der Waals surface area contributed by atoms with Gasteiger partial charge in [0.05, 0.1) is 12.8 Å².